The highest BCUT2D eigenvalue weighted by atomic mass is 16.5. The summed E-state index contributed by atoms with van der Waals surface area (Å²) >= 11 is 0. The number of nitrogens with zero attached hydrogens (tertiary/aromatic N) is 2. The van der Waals surface area contributed by atoms with Gasteiger partial charge < -0.3 is 29.7 Å². The molecule has 0 aliphatic carbocycles. The smallest absolute Gasteiger partial charge is 0.306 e. The number of ether oxygens (including phenoxy) is 2. The first-order chi connectivity index (χ1) is 22.6. The van der Waals surface area contributed by atoms with Gasteiger partial charge in [0.2, 0.25) is 11.8 Å². The Bertz CT molecular complexity index is 1580. The Balaban J connectivity index is 1.48. The highest BCUT2D eigenvalue weighted by Gasteiger charge is 2.72. The standard InChI is InChI=1S/C37H43N3O7/c1-22(2)27(20-41)40-33-36(45)39(32-23(3)12-10-13-24(32)4)19-11-18-37(33)31(35(40)44)30-28(47-37)16-8-9-17-29(42)46-21-26(38-34(30)43)25-14-6-5-7-15-25/h5-8,10-16,18,22,26-28,30-31,33,41H,9,17,19-21H2,1-4H3,(H,38,43)/b16-8-/t26-,27-,28+,30-,31-,33+,37-/m0/s1. The first kappa shape index (κ1) is 32.7. The summed E-state index contributed by atoms with van der Waals surface area (Å²) in [5.41, 5.74) is 1.86. The fraction of sp³-hybridized carbons (Fsp3) is 0.459. The summed E-state index contributed by atoms with van der Waals surface area (Å²) in [4.78, 5) is 59.9. The molecule has 2 fully saturated rings. The Morgan fingerprint density at radius 1 is 0.979 bits per heavy atom. The van der Waals surface area contributed by atoms with E-state index in [9.17, 15) is 24.3 Å². The van der Waals surface area contributed by atoms with E-state index in [1.165, 1.54) is 4.90 Å². The normalized spacial score (nSPS) is 30.8. The molecule has 6 rings (SSSR count). The van der Waals surface area contributed by atoms with Crippen molar-refractivity contribution < 1.29 is 33.8 Å². The highest BCUT2D eigenvalue weighted by Crippen LogP contribution is 2.54. The number of aliphatic hydroxyl groups is 1. The molecule has 7 atom stereocenters. The first-order valence-electron chi connectivity index (χ1n) is 16.4. The van der Waals surface area contributed by atoms with Crippen molar-refractivity contribution in [2.24, 2.45) is 17.8 Å². The summed E-state index contributed by atoms with van der Waals surface area (Å²) in [6.07, 6.45) is 6.81. The van der Waals surface area contributed by atoms with Gasteiger partial charge in [0.1, 0.15) is 18.2 Å². The minimum absolute atomic E-state index is 0.0713. The van der Waals surface area contributed by atoms with Gasteiger partial charge in [-0.3, -0.25) is 19.2 Å². The number of hydrogen-bond acceptors (Lipinski definition) is 7. The largest absolute Gasteiger partial charge is 0.463 e. The molecule has 4 aliphatic rings. The van der Waals surface area contributed by atoms with E-state index in [4.69, 9.17) is 9.47 Å². The van der Waals surface area contributed by atoms with Crippen LogP contribution in [0.4, 0.5) is 5.69 Å². The number of rotatable bonds is 5. The lowest BCUT2D eigenvalue weighted by molar-refractivity contribution is -0.147. The van der Waals surface area contributed by atoms with Crippen LogP contribution in [0.15, 0.2) is 72.8 Å². The third kappa shape index (κ3) is 5.67. The summed E-state index contributed by atoms with van der Waals surface area (Å²) in [5, 5.41) is 13.7. The molecule has 10 nitrogen and oxygen atoms in total. The molecule has 0 radical (unpaired) electrons. The minimum Gasteiger partial charge on any atom is -0.463 e. The summed E-state index contributed by atoms with van der Waals surface area (Å²) in [7, 11) is 0. The summed E-state index contributed by atoms with van der Waals surface area (Å²) < 4.78 is 12.4. The van der Waals surface area contributed by atoms with Crippen molar-refractivity contribution in [3.05, 3.63) is 89.5 Å². The zero-order chi connectivity index (χ0) is 33.5. The number of aliphatic hydroxyl groups excluding tert-OH is 1. The summed E-state index contributed by atoms with van der Waals surface area (Å²) in [6.45, 7) is 7.51. The van der Waals surface area contributed by atoms with E-state index in [-0.39, 0.29) is 44.0 Å². The van der Waals surface area contributed by atoms with Gasteiger partial charge in [0.05, 0.1) is 36.6 Å². The number of anilines is 1. The SMILES string of the molecule is Cc1cccc(C)c1N1CC=C[C@]23O[C@@H]4/C=C\CCC(=O)OC[C@@H](c5ccccc5)NC(=O)[C@@H]4[C@H]2C(=O)N([C@@H](CO)C(C)C)[C@@H]3C1=O. The van der Waals surface area contributed by atoms with Crippen molar-refractivity contribution >= 4 is 29.4 Å². The second-order valence-electron chi connectivity index (χ2n) is 13.3. The molecule has 0 saturated carbocycles. The predicted octanol–water partition coefficient (Wildman–Crippen LogP) is 3.55. The molecule has 3 amide bonds. The number of cyclic esters (lactones) is 1. The molecule has 2 N–H and O–H groups in total. The van der Waals surface area contributed by atoms with Gasteiger partial charge in [0.15, 0.2) is 0 Å². The van der Waals surface area contributed by atoms with Crippen LogP contribution in [0.5, 0.6) is 0 Å². The zero-order valence-electron chi connectivity index (χ0n) is 27.3. The van der Waals surface area contributed by atoms with Crippen LogP contribution in [0.3, 0.4) is 0 Å². The molecule has 0 bridgehead atoms. The number of amides is 3. The first-order valence-corrected chi connectivity index (χ1v) is 16.4. The Morgan fingerprint density at radius 2 is 1.70 bits per heavy atom. The van der Waals surface area contributed by atoms with Crippen LogP contribution in [-0.2, 0) is 28.7 Å². The molecule has 4 heterocycles. The number of hydrogen-bond donors (Lipinski definition) is 2. The van der Waals surface area contributed by atoms with Gasteiger partial charge >= 0.3 is 5.97 Å². The quantitative estimate of drug-likeness (QED) is 0.378. The predicted molar refractivity (Wildman–Crippen MR) is 175 cm³/mol. The van der Waals surface area contributed by atoms with E-state index in [0.717, 1.165) is 22.4 Å². The van der Waals surface area contributed by atoms with E-state index in [0.29, 0.717) is 6.42 Å². The topological polar surface area (TPSA) is 125 Å². The average molecular weight is 642 g/mol. The molecule has 4 aliphatic heterocycles. The Labute approximate surface area is 275 Å². The van der Waals surface area contributed by atoms with Crippen molar-refractivity contribution in [3.63, 3.8) is 0 Å². The van der Waals surface area contributed by atoms with Crippen LogP contribution in [-0.4, -0.2) is 77.2 Å². The second kappa shape index (κ2) is 13.1. The number of nitrogens with one attached hydrogen (secondary N) is 1. The fourth-order valence-electron chi connectivity index (χ4n) is 7.79. The lowest BCUT2D eigenvalue weighted by atomic mass is 9.77. The molecule has 0 aromatic heterocycles. The number of aryl methyl sites for hydroxylation is 2. The van der Waals surface area contributed by atoms with Gasteiger partial charge in [-0.05, 0) is 42.9 Å². The number of fused-ring (bicyclic) bond motifs is 2. The maximum Gasteiger partial charge on any atom is 0.306 e. The molecule has 2 aromatic rings. The maximum absolute atomic E-state index is 14.9. The minimum atomic E-state index is -1.48. The lowest BCUT2D eigenvalue weighted by Gasteiger charge is -2.40. The van der Waals surface area contributed by atoms with Crippen LogP contribution in [0.1, 0.15) is 49.4 Å². The molecular formula is C37H43N3O7. The summed E-state index contributed by atoms with van der Waals surface area (Å²) in [6, 6.07) is 12.6. The van der Waals surface area contributed by atoms with Gasteiger partial charge in [0.25, 0.3) is 5.91 Å². The molecule has 47 heavy (non-hydrogen) atoms. The van der Waals surface area contributed by atoms with Crippen molar-refractivity contribution in [1.82, 2.24) is 10.2 Å². The van der Waals surface area contributed by atoms with Gasteiger partial charge in [-0.1, -0.05) is 86.7 Å². The molecule has 1 spiro atoms. The van der Waals surface area contributed by atoms with E-state index in [1.54, 1.807) is 23.1 Å². The fourth-order valence-corrected chi connectivity index (χ4v) is 7.79. The third-order valence-corrected chi connectivity index (χ3v) is 10.0. The van der Waals surface area contributed by atoms with Gasteiger partial charge in [-0.2, -0.15) is 0 Å². The second-order valence-corrected chi connectivity index (χ2v) is 13.3. The van der Waals surface area contributed by atoms with Crippen molar-refractivity contribution in [2.75, 3.05) is 24.7 Å². The molecule has 2 saturated heterocycles. The van der Waals surface area contributed by atoms with Gasteiger partial charge in [0, 0.05) is 18.7 Å². The number of carbonyl (C=O) groups excluding carboxylic acids is 4. The van der Waals surface area contributed by atoms with E-state index < -0.39 is 53.5 Å². The highest BCUT2D eigenvalue weighted by molar-refractivity contribution is 6.06. The molecule has 248 valence electrons. The Morgan fingerprint density at radius 3 is 2.38 bits per heavy atom. The van der Waals surface area contributed by atoms with Gasteiger partial charge in [-0.25, -0.2) is 0 Å². The number of likely N-dealkylation sites (tertiary alicyclic amines) is 1. The van der Waals surface area contributed by atoms with Crippen LogP contribution >= 0.6 is 0 Å². The third-order valence-electron chi connectivity index (χ3n) is 10.0. The van der Waals surface area contributed by atoms with Gasteiger partial charge in [-0.15, -0.1) is 0 Å². The molecular weight excluding hydrogens is 598 g/mol. The van der Waals surface area contributed by atoms with Crippen molar-refractivity contribution in [2.45, 2.75) is 70.4 Å². The van der Waals surface area contributed by atoms with Crippen LogP contribution in [0.2, 0.25) is 0 Å². The maximum atomic E-state index is 14.9. The molecule has 0 unspecified atom stereocenters. The number of para-hydroxylation sites is 1. The number of allylic oxidation sites excluding steroid dienone is 1. The average Bonchev–Trinajstić information content (AvgIpc) is 3.43. The number of esters is 1. The van der Waals surface area contributed by atoms with Crippen LogP contribution < -0.4 is 10.2 Å². The number of benzene rings is 2. The van der Waals surface area contributed by atoms with Crippen LogP contribution in [0, 0.1) is 31.6 Å². The Hall–Kier alpha value is -4.28. The molecule has 10 heteroatoms. The molecule has 2 aromatic carbocycles. The summed E-state index contributed by atoms with van der Waals surface area (Å²) in [5.74, 6) is -3.80. The van der Waals surface area contributed by atoms with Crippen molar-refractivity contribution in [1.29, 1.82) is 0 Å². The zero-order valence-corrected chi connectivity index (χ0v) is 27.3. The van der Waals surface area contributed by atoms with Crippen LogP contribution in [0.25, 0.3) is 0 Å². The Kier molecular flexibility index (Phi) is 9.09. The van der Waals surface area contributed by atoms with Crippen molar-refractivity contribution in [3.8, 4) is 0 Å². The van der Waals surface area contributed by atoms with E-state index in [2.05, 4.69) is 5.32 Å². The van der Waals surface area contributed by atoms with E-state index in [1.807, 2.05) is 82.3 Å². The number of carbonyl (C=O) groups is 4. The van der Waals surface area contributed by atoms with E-state index >= 15 is 0 Å². The monoisotopic (exact) mass is 641 g/mol. The lowest BCUT2D eigenvalue weighted by Crippen LogP contribution is -2.59.